The molecule has 0 amide bonds. The molecule has 0 aliphatic heterocycles. The van der Waals surface area contributed by atoms with Gasteiger partial charge in [-0.3, -0.25) is 0 Å². The molecular formula is C16H12N2O5S. The van der Waals surface area contributed by atoms with E-state index in [4.69, 9.17) is 5.11 Å². The predicted octanol–water partition coefficient (Wildman–Crippen LogP) is 3.37. The fourth-order valence-electron chi connectivity index (χ4n) is 2.10. The summed E-state index contributed by atoms with van der Waals surface area (Å²) in [7, 11) is 0. The second-order valence-electron chi connectivity index (χ2n) is 4.90. The summed E-state index contributed by atoms with van der Waals surface area (Å²) >= 11 is 1.26. The minimum absolute atomic E-state index is 0.0462. The summed E-state index contributed by atoms with van der Waals surface area (Å²) in [5.41, 5.74) is 1.22. The van der Waals surface area contributed by atoms with E-state index in [-0.39, 0.29) is 22.8 Å². The van der Waals surface area contributed by atoms with Crippen LogP contribution in [0.15, 0.2) is 41.8 Å². The van der Waals surface area contributed by atoms with Crippen LogP contribution in [0.1, 0.15) is 10.4 Å². The van der Waals surface area contributed by atoms with Gasteiger partial charge >= 0.3 is 5.97 Å². The maximum Gasteiger partial charge on any atom is 0.339 e. The molecule has 7 nitrogen and oxygen atoms in total. The first-order chi connectivity index (χ1) is 11.4. The topological polar surface area (TPSA) is 123 Å². The second kappa shape index (κ2) is 6.09. The summed E-state index contributed by atoms with van der Waals surface area (Å²) < 4.78 is 0. The summed E-state index contributed by atoms with van der Waals surface area (Å²) in [4.78, 5) is 15.4. The Hall–Kier alpha value is -3.26. The Labute approximate surface area is 140 Å². The molecule has 1 heterocycles. The Morgan fingerprint density at radius 1 is 1.04 bits per heavy atom. The number of carboxylic acids is 1. The Morgan fingerprint density at radius 3 is 2.54 bits per heavy atom. The standard InChI is InChI=1S/C16H12N2O5S/c19-9-2-3-10(14(21)6-9)12-7-24-16(18-12)17-8-1-4-13(20)11(5-8)15(22)23/h1-7,19-21H,(H,17,18)(H,22,23). The van der Waals surface area contributed by atoms with E-state index >= 15 is 0 Å². The van der Waals surface area contributed by atoms with Crippen molar-refractivity contribution in [2.24, 2.45) is 0 Å². The van der Waals surface area contributed by atoms with Crippen LogP contribution in [0.2, 0.25) is 0 Å². The van der Waals surface area contributed by atoms with Crippen LogP contribution in [0.5, 0.6) is 17.2 Å². The molecule has 0 aliphatic rings. The highest BCUT2D eigenvalue weighted by atomic mass is 32.1. The van der Waals surface area contributed by atoms with Crippen molar-refractivity contribution in [1.82, 2.24) is 4.98 Å². The number of benzene rings is 2. The third kappa shape index (κ3) is 3.08. The Balaban J connectivity index is 1.87. The number of phenolic OH excluding ortho intramolecular Hbond substituents is 2. The van der Waals surface area contributed by atoms with Crippen molar-refractivity contribution in [3.63, 3.8) is 0 Å². The van der Waals surface area contributed by atoms with E-state index in [1.165, 1.54) is 41.7 Å². The highest BCUT2D eigenvalue weighted by molar-refractivity contribution is 7.14. The van der Waals surface area contributed by atoms with Crippen LogP contribution in [0.25, 0.3) is 11.3 Å². The number of phenols is 3. The molecule has 0 aliphatic carbocycles. The average Bonchev–Trinajstić information content (AvgIpc) is 2.97. The Morgan fingerprint density at radius 2 is 1.83 bits per heavy atom. The summed E-state index contributed by atoms with van der Waals surface area (Å²) in [6, 6.07) is 8.33. The smallest absolute Gasteiger partial charge is 0.339 e. The van der Waals surface area contributed by atoms with E-state index in [1.54, 1.807) is 11.4 Å². The van der Waals surface area contributed by atoms with Gasteiger partial charge in [0.25, 0.3) is 0 Å². The number of hydrogen-bond acceptors (Lipinski definition) is 7. The maximum atomic E-state index is 11.0. The van der Waals surface area contributed by atoms with Crippen LogP contribution in [0, 0.1) is 0 Å². The lowest BCUT2D eigenvalue weighted by atomic mass is 10.1. The van der Waals surface area contributed by atoms with Crippen molar-refractivity contribution in [3.05, 3.63) is 47.3 Å². The molecule has 0 bridgehead atoms. The van der Waals surface area contributed by atoms with Crippen LogP contribution in [-0.4, -0.2) is 31.4 Å². The van der Waals surface area contributed by atoms with Gasteiger partial charge in [-0.2, -0.15) is 0 Å². The van der Waals surface area contributed by atoms with Crippen LogP contribution in [0.4, 0.5) is 10.8 Å². The third-order valence-corrected chi connectivity index (χ3v) is 4.00. The molecule has 8 heteroatoms. The molecule has 3 rings (SSSR count). The molecule has 0 radical (unpaired) electrons. The van der Waals surface area contributed by atoms with E-state index in [0.29, 0.717) is 22.1 Å². The number of rotatable bonds is 4. The van der Waals surface area contributed by atoms with Crippen molar-refractivity contribution in [1.29, 1.82) is 0 Å². The summed E-state index contributed by atoms with van der Waals surface area (Å²) in [5.74, 6) is -1.69. The van der Waals surface area contributed by atoms with Crippen molar-refractivity contribution in [2.75, 3.05) is 5.32 Å². The fourth-order valence-corrected chi connectivity index (χ4v) is 2.83. The van der Waals surface area contributed by atoms with Crippen LogP contribution in [0.3, 0.4) is 0 Å². The summed E-state index contributed by atoms with van der Waals surface area (Å²) in [6.07, 6.45) is 0. The largest absolute Gasteiger partial charge is 0.508 e. The number of carbonyl (C=O) groups is 1. The number of anilines is 2. The molecule has 1 aromatic heterocycles. The number of nitrogens with zero attached hydrogens (tertiary/aromatic N) is 1. The normalized spacial score (nSPS) is 10.5. The monoisotopic (exact) mass is 344 g/mol. The Bertz CT molecular complexity index is 923. The van der Waals surface area contributed by atoms with Gasteiger partial charge in [-0.1, -0.05) is 0 Å². The van der Waals surface area contributed by atoms with E-state index in [9.17, 15) is 20.1 Å². The number of aromatic carboxylic acids is 1. The average molecular weight is 344 g/mol. The zero-order chi connectivity index (χ0) is 17.3. The fraction of sp³-hybridized carbons (Fsp3) is 0. The third-order valence-electron chi connectivity index (χ3n) is 3.24. The van der Waals surface area contributed by atoms with Gasteiger partial charge in [0.05, 0.1) is 5.69 Å². The molecule has 0 saturated heterocycles. The molecule has 5 N–H and O–H groups in total. The summed E-state index contributed by atoms with van der Waals surface area (Å²) in [6.45, 7) is 0. The van der Waals surface area contributed by atoms with Crippen LogP contribution in [-0.2, 0) is 0 Å². The van der Waals surface area contributed by atoms with E-state index in [1.807, 2.05) is 0 Å². The van der Waals surface area contributed by atoms with Gasteiger partial charge in [-0.05, 0) is 30.3 Å². The minimum atomic E-state index is -1.23. The van der Waals surface area contributed by atoms with Gasteiger partial charge in [-0.25, -0.2) is 9.78 Å². The van der Waals surface area contributed by atoms with Crippen molar-refractivity contribution in [2.45, 2.75) is 0 Å². The highest BCUT2D eigenvalue weighted by Crippen LogP contribution is 2.34. The van der Waals surface area contributed by atoms with Gasteiger partial charge in [0, 0.05) is 22.7 Å². The summed E-state index contributed by atoms with van der Waals surface area (Å²) in [5, 5.41) is 42.9. The molecule has 0 spiro atoms. The second-order valence-corrected chi connectivity index (χ2v) is 5.76. The lowest BCUT2D eigenvalue weighted by Crippen LogP contribution is -1.98. The zero-order valence-corrected chi connectivity index (χ0v) is 12.9. The van der Waals surface area contributed by atoms with E-state index in [0.717, 1.165) is 0 Å². The first kappa shape index (κ1) is 15.6. The number of hydrogen-bond donors (Lipinski definition) is 5. The first-order valence-electron chi connectivity index (χ1n) is 6.75. The molecule has 0 atom stereocenters. The predicted molar refractivity (Wildman–Crippen MR) is 89.2 cm³/mol. The van der Waals surface area contributed by atoms with Gasteiger partial charge in [0.1, 0.15) is 22.8 Å². The molecule has 2 aromatic carbocycles. The zero-order valence-electron chi connectivity index (χ0n) is 12.1. The van der Waals surface area contributed by atoms with Gasteiger partial charge in [-0.15, -0.1) is 11.3 Å². The molecule has 122 valence electrons. The quantitative estimate of drug-likeness (QED) is 0.460. The van der Waals surface area contributed by atoms with E-state index < -0.39 is 5.97 Å². The molecule has 0 unspecified atom stereocenters. The lowest BCUT2D eigenvalue weighted by Gasteiger charge is -2.05. The molecule has 0 fully saturated rings. The Kier molecular flexibility index (Phi) is 3.97. The maximum absolute atomic E-state index is 11.0. The molecule has 3 aromatic rings. The van der Waals surface area contributed by atoms with Crippen LogP contribution >= 0.6 is 11.3 Å². The van der Waals surface area contributed by atoms with E-state index in [2.05, 4.69) is 10.3 Å². The van der Waals surface area contributed by atoms with Gasteiger partial charge in [0.2, 0.25) is 0 Å². The number of nitrogens with one attached hydrogen (secondary N) is 1. The van der Waals surface area contributed by atoms with Crippen molar-refractivity contribution >= 4 is 28.1 Å². The number of aromatic hydroxyl groups is 3. The molecule has 0 saturated carbocycles. The van der Waals surface area contributed by atoms with Gasteiger partial charge in [0.15, 0.2) is 5.13 Å². The lowest BCUT2D eigenvalue weighted by molar-refractivity contribution is 0.0694. The SMILES string of the molecule is O=C(O)c1cc(Nc2nc(-c3ccc(O)cc3O)cs2)ccc1O. The molecule has 24 heavy (non-hydrogen) atoms. The first-order valence-corrected chi connectivity index (χ1v) is 7.63. The minimum Gasteiger partial charge on any atom is -0.508 e. The number of aromatic nitrogens is 1. The molecular weight excluding hydrogens is 332 g/mol. The van der Waals surface area contributed by atoms with Crippen LogP contribution < -0.4 is 5.32 Å². The van der Waals surface area contributed by atoms with Crippen molar-refractivity contribution < 1.29 is 25.2 Å². The highest BCUT2D eigenvalue weighted by Gasteiger charge is 2.12. The number of thiazole rings is 1. The number of carboxylic acid groups (broad SMARTS) is 1. The van der Waals surface area contributed by atoms with Gasteiger partial charge < -0.3 is 25.7 Å². The van der Waals surface area contributed by atoms with Crippen molar-refractivity contribution in [3.8, 4) is 28.5 Å².